The highest BCUT2D eigenvalue weighted by Gasteiger charge is 2.18. The standard InChI is InChI=1S/C17H25NO2/c1-4-9-16(17(19)20-5-2)12-13-18(3)14-15-10-7-6-8-11-15/h4,6-8,10-11,16H,1,5,9,12-14H2,2-3H3/t16-/m0/s1. The second kappa shape index (κ2) is 9.32. The van der Waals surface area contributed by atoms with Gasteiger partial charge in [-0.25, -0.2) is 0 Å². The van der Waals surface area contributed by atoms with Gasteiger partial charge >= 0.3 is 5.97 Å². The van der Waals surface area contributed by atoms with Gasteiger partial charge in [0.15, 0.2) is 0 Å². The third kappa shape index (κ3) is 6.02. The second-order valence-corrected chi connectivity index (χ2v) is 4.99. The molecule has 0 N–H and O–H groups in total. The van der Waals surface area contributed by atoms with E-state index in [1.165, 1.54) is 5.56 Å². The van der Waals surface area contributed by atoms with Crippen LogP contribution in [0, 0.1) is 5.92 Å². The molecular weight excluding hydrogens is 250 g/mol. The fraction of sp³-hybridized carbons (Fsp3) is 0.471. The number of esters is 1. The lowest BCUT2D eigenvalue weighted by Crippen LogP contribution is -2.25. The summed E-state index contributed by atoms with van der Waals surface area (Å²) in [5.41, 5.74) is 1.28. The zero-order valence-corrected chi connectivity index (χ0v) is 12.5. The van der Waals surface area contributed by atoms with Crippen LogP contribution in [0.25, 0.3) is 0 Å². The van der Waals surface area contributed by atoms with Crippen molar-refractivity contribution in [3.63, 3.8) is 0 Å². The van der Waals surface area contributed by atoms with Crippen LogP contribution in [0.1, 0.15) is 25.3 Å². The Bertz CT molecular complexity index is 403. The van der Waals surface area contributed by atoms with E-state index in [0.717, 1.165) is 19.5 Å². The molecule has 20 heavy (non-hydrogen) atoms. The molecule has 3 nitrogen and oxygen atoms in total. The molecule has 0 amide bonds. The van der Waals surface area contributed by atoms with E-state index >= 15 is 0 Å². The SMILES string of the molecule is C=CC[C@@H](CCN(C)Cc1ccccc1)C(=O)OCC. The topological polar surface area (TPSA) is 29.5 Å². The summed E-state index contributed by atoms with van der Waals surface area (Å²) in [6, 6.07) is 10.3. The van der Waals surface area contributed by atoms with Crippen LogP contribution in [0.2, 0.25) is 0 Å². The molecule has 3 heteroatoms. The predicted molar refractivity (Wildman–Crippen MR) is 82.3 cm³/mol. The fourth-order valence-electron chi connectivity index (χ4n) is 2.14. The first-order chi connectivity index (χ1) is 9.67. The zero-order valence-electron chi connectivity index (χ0n) is 12.5. The number of rotatable bonds is 9. The van der Waals surface area contributed by atoms with Crippen molar-refractivity contribution in [3.05, 3.63) is 48.6 Å². The van der Waals surface area contributed by atoms with Crippen LogP contribution in [-0.2, 0) is 16.1 Å². The maximum atomic E-state index is 11.8. The van der Waals surface area contributed by atoms with Gasteiger partial charge in [-0.3, -0.25) is 4.79 Å². The minimum atomic E-state index is -0.111. The summed E-state index contributed by atoms with van der Waals surface area (Å²) >= 11 is 0. The average molecular weight is 275 g/mol. The van der Waals surface area contributed by atoms with E-state index in [1.54, 1.807) is 6.08 Å². The van der Waals surface area contributed by atoms with Crippen LogP contribution in [0.4, 0.5) is 0 Å². The van der Waals surface area contributed by atoms with Gasteiger partial charge in [0.05, 0.1) is 12.5 Å². The summed E-state index contributed by atoms with van der Waals surface area (Å²) in [6.07, 6.45) is 3.27. The molecule has 110 valence electrons. The normalized spacial score (nSPS) is 12.2. The Hall–Kier alpha value is -1.61. The molecule has 0 bridgehead atoms. The maximum absolute atomic E-state index is 11.8. The molecule has 0 aromatic heterocycles. The molecule has 0 radical (unpaired) electrons. The van der Waals surface area contributed by atoms with E-state index in [1.807, 2.05) is 25.1 Å². The molecule has 0 spiro atoms. The summed E-state index contributed by atoms with van der Waals surface area (Å²) < 4.78 is 5.10. The summed E-state index contributed by atoms with van der Waals surface area (Å²) in [5, 5.41) is 0. The second-order valence-electron chi connectivity index (χ2n) is 4.99. The van der Waals surface area contributed by atoms with E-state index in [2.05, 4.69) is 30.7 Å². The highest BCUT2D eigenvalue weighted by Crippen LogP contribution is 2.13. The molecule has 0 saturated heterocycles. The van der Waals surface area contributed by atoms with Crippen molar-refractivity contribution in [2.24, 2.45) is 5.92 Å². The number of benzene rings is 1. The molecule has 1 aromatic carbocycles. The Morgan fingerprint density at radius 1 is 1.40 bits per heavy atom. The van der Waals surface area contributed by atoms with Crippen molar-refractivity contribution in [3.8, 4) is 0 Å². The minimum absolute atomic E-state index is 0.0781. The molecule has 1 rings (SSSR count). The smallest absolute Gasteiger partial charge is 0.309 e. The Morgan fingerprint density at radius 2 is 2.10 bits per heavy atom. The number of allylic oxidation sites excluding steroid dienone is 1. The Morgan fingerprint density at radius 3 is 2.70 bits per heavy atom. The van der Waals surface area contributed by atoms with Gasteiger partial charge in [0, 0.05) is 6.54 Å². The van der Waals surface area contributed by atoms with Gasteiger partial charge in [-0.2, -0.15) is 0 Å². The van der Waals surface area contributed by atoms with Crippen LogP contribution in [-0.4, -0.2) is 31.1 Å². The summed E-state index contributed by atoms with van der Waals surface area (Å²) in [7, 11) is 2.07. The van der Waals surface area contributed by atoms with Crippen molar-refractivity contribution in [2.75, 3.05) is 20.2 Å². The monoisotopic (exact) mass is 275 g/mol. The first-order valence-corrected chi connectivity index (χ1v) is 7.17. The Kier molecular flexibility index (Phi) is 7.66. The lowest BCUT2D eigenvalue weighted by atomic mass is 10.0. The summed E-state index contributed by atoms with van der Waals surface area (Å²) in [6.45, 7) is 7.75. The molecule has 0 aliphatic heterocycles. The van der Waals surface area contributed by atoms with Crippen LogP contribution >= 0.6 is 0 Å². The van der Waals surface area contributed by atoms with Gasteiger partial charge < -0.3 is 9.64 Å². The van der Waals surface area contributed by atoms with E-state index in [4.69, 9.17) is 4.74 Å². The van der Waals surface area contributed by atoms with E-state index in [-0.39, 0.29) is 11.9 Å². The van der Waals surface area contributed by atoms with Crippen molar-refractivity contribution >= 4 is 5.97 Å². The van der Waals surface area contributed by atoms with E-state index in [0.29, 0.717) is 13.0 Å². The van der Waals surface area contributed by atoms with Crippen LogP contribution < -0.4 is 0 Å². The zero-order chi connectivity index (χ0) is 14.8. The number of hydrogen-bond donors (Lipinski definition) is 0. The fourth-order valence-corrected chi connectivity index (χ4v) is 2.14. The molecular formula is C17H25NO2. The molecule has 0 unspecified atom stereocenters. The van der Waals surface area contributed by atoms with Gasteiger partial charge in [0.2, 0.25) is 0 Å². The molecule has 0 heterocycles. The van der Waals surface area contributed by atoms with Crippen molar-refractivity contribution in [1.82, 2.24) is 4.90 Å². The van der Waals surface area contributed by atoms with Gasteiger partial charge in [0.25, 0.3) is 0 Å². The number of nitrogens with zero attached hydrogens (tertiary/aromatic N) is 1. The third-order valence-electron chi connectivity index (χ3n) is 3.23. The summed E-state index contributed by atoms with van der Waals surface area (Å²) in [5.74, 6) is -0.189. The van der Waals surface area contributed by atoms with E-state index in [9.17, 15) is 4.79 Å². The lowest BCUT2D eigenvalue weighted by Gasteiger charge is -2.20. The average Bonchev–Trinajstić information content (AvgIpc) is 2.44. The van der Waals surface area contributed by atoms with Gasteiger partial charge in [-0.15, -0.1) is 6.58 Å². The molecule has 1 aromatic rings. The van der Waals surface area contributed by atoms with Crippen molar-refractivity contribution in [1.29, 1.82) is 0 Å². The van der Waals surface area contributed by atoms with Crippen molar-refractivity contribution < 1.29 is 9.53 Å². The van der Waals surface area contributed by atoms with Gasteiger partial charge in [-0.05, 0) is 38.9 Å². The summed E-state index contributed by atoms with van der Waals surface area (Å²) in [4.78, 5) is 14.0. The highest BCUT2D eigenvalue weighted by molar-refractivity contribution is 5.72. The number of hydrogen-bond acceptors (Lipinski definition) is 3. The molecule has 0 fully saturated rings. The quantitative estimate of drug-likeness (QED) is 0.512. The van der Waals surface area contributed by atoms with Gasteiger partial charge in [-0.1, -0.05) is 36.4 Å². The van der Waals surface area contributed by atoms with Gasteiger partial charge in [0.1, 0.15) is 0 Å². The van der Waals surface area contributed by atoms with Crippen LogP contribution in [0.5, 0.6) is 0 Å². The first kappa shape index (κ1) is 16.4. The highest BCUT2D eigenvalue weighted by atomic mass is 16.5. The lowest BCUT2D eigenvalue weighted by molar-refractivity contribution is -0.148. The predicted octanol–water partition coefficient (Wildman–Crippen LogP) is 3.26. The van der Waals surface area contributed by atoms with Crippen LogP contribution in [0.3, 0.4) is 0 Å². The van der Waals surface area contributed by atoms with E-state index < -0.39 is 0 Å². The maximum Gasteiger partial charge on any atom is 0.309 e. The number of carbonyl (C=O) groups is 1. The van der Waals surface area contributed by atoms with Crippen LogP contribution in [0.15, 0.2) is 43.0 Å². The molecule has 0 saturated carbocycles. The Balaban J connectivity index is 2.42. The molecule has 1 atom stereocenters. The molecule has 0 aliphatic carbocycles. The molecule has 0 aliphatic rings. The van der Waals surface area contributed by atoms with Crippen molar-refractivity contribution in [2.45, 2.75) is 26.3 Å². The number of carbonyl (C=O) groups excluding carboxylic acids is 1. The third-order valence-corrected chi connectivity index (χ3v) is 3.23. The minimum Gasteiger partial charge on any atom is -0.466 e. The largest absolute Gasteiger partial charge is 0.466 e. The number of ether oxygens (including phenoxy) is 1. The Labute approximate surface area is 122 Å². The first-order valence-electron chi connectivity index (χ1n) is 7.17.